The molecule has 0 atom stereocenters. The number of rotatable bonds is 2. The summed E-state index contributed by atoms with van der Waals surface area (Å²) >= 11 is 1.46. The van der Waals surface area contributed by atoms with Crippen LogP contribution < -0.4 is 24.8 Å². The molecule has 0 amide bonds. The van der Waals surface area contributed by atoms with E-state index in [1.807, 2.05) is 0 Å². The van der Waals surface area contributed by atoms with Crippen molar-refractivity contribution in [1.29, 1.82) is 0 Å². The van der Waals surface area contributed by atoms with Crippen LogP contribution in [-0.2, 0) is 41.5 Å². The molecule has 0 bridgehead atoms. The van der Waals surface area contributed by atoms with Crippen LogP contribution in [0, 0.1) is 33.8 Å². The van der Waals surface area contributed by atoms with Crippen LogP contribution in [0.5, 0.6) is 0 Å². The Balaban J connectivity index is 0.000000261. The van der Waals surface area contributed by atoms with Gasteiger partial charge in [-0.25, -0.2) is 11.6 Å². The van der Waals surface area contributed by atoms with Crippen LogP contribution in [0.1, 0.15) is 97.2 Å². The molecule has 1 aliphatic carbocycles. The van der Waals surface area contributed by atoms with Crippen LogP contribution in [0.3, 0.4) is 0 Å². The van der Waals surface area contributed by atoms with Crippen molar-refractivity contribution < 1.29 is 49.0 Å². The second kappa shape index (κ2) is 16.6. The molecule has 0 unspecified atom stereocenters. The van der Waals surface area contributed by atoms with Gasteiger partial charge < -0.3 is 24.8 Å². The summed E-state index contributed by atoms with van der Waals surface area (Å²) in [5.41, 5.74) is 16.7. The summed E-state index contributed by atoms with van der Waals surface area (Å²) in [6.07, 6.45) is 1.03. The molecule has 0 radical (unpaired) electrons. The molecule has 5 aromatic rings. The molecular formula is C43H48Cl2Zr-2. The van der Waals surface area contributed by atoms with Gasteiger partial charge >= 0.3 is 112 Å². The zero-order valence-corrected chi connectivity index (χ0v) is 33.2. The molecule has 0 aromatic heterocycles. The van der Waals surface area contributed by atoms with E-state index in [0.29, 0.717) is 0 Å². The average Bonchev–Trinajstić information content (AvgIpc) is 3.53. The maximum absolute atomic E-state index is 3.67. The van der Waals surface area contributed by atoms with Crippen molar-refractivity contribution in [2.75, 3.05) is 0 Å². The van der Waals surface area contributed by atoms with Crippen LogP contribution in [0.4, 0.5) is 0 Å². The summed E-state index contributed by atoms with van der Waals surface area (Å²) in [6.45, 7) is 22.1. The number of aryl methyl sites for hydroxylation is 4. The zero-order valence-electron chi connectivity index (χ0n) is 29.2. The van der Waals surface area contributed by atoms with Crippen molar-refractivity contribution in [3.63, 3.8) is 0 Å². The van der Waals surface area contributed by atoms with Gasteiger partial charge in [0.2, 0.25) is 0 Å². The van der Waals surface area contributed by atoms with Crippen LogP contribution in [0.15, 0.2) is 97.1 Å². The van der Waals surface area contributed by atoms with Gasteiger partial charge in [0.1, 0.15) is 0 Å². The molecule has 0 saturated carbocycles. The van der Waals surface area contributed by atoms with Gasteiger partial charge in [0.25, 0.3) is 0 Å². The van der Waals surface area contributed by atoms with E-state index in [0.717, 1.165) is 6.42 Å². The van der Waals surface area contributed by atoms with Gasteiger partial charge in [-0.3, -0.25) is 0 Å². The van der Waals surface area contributed by atoms with Gasteiger partial charge in [-0.2, -0.15) is 41.5 Å². The molecule has 46 heavy (non-hydrogen) atoms. The molecule has 1 aliphatic rings. The van der Waals surface area contributed by atoms with Crippen LogP contribution >= 0.6 is 0 Å². The van der Waals surface area contributed by atoms with E-state index in [9.17, 15) is 0 Å². The molecular weight excluding hydrogens is 679 g/mol. The number of halogens is 2. The van der Waals surface area contributed by atoms with Crippen molar-refractivity contribution in [2.45, 2.75) is 86.5 Å². The minimum absolute atomic E-state index is 0. The maximum Gasteiger partial charge on any atom is -1.00 e. The fourth-order valence-corrected chi connectivity index (χ4v) is 6.17. The third-order valence-electron chi connectivity index (χ3n) is 8.21. The predicted octanol–water partition coefficient (Wildman–Crippen LogP) is 5.10. The Kier molecular flexibility index (Phi) is 14.3. The fraction of sp³-hybridized carbons (Fsp3) is 0.302. The molecule has 3 heteroatoms. The fourth-order valence-electron chi connectivity index (χ4n) is 5.35. The molecule has 6 rings (SSSR count). The van der Waals surface area contributed by atoms with Crippen LogP contribution in [0.2, 0.25) is 0 Å². The molecule has 240 valence electrons. The van der Waals surface area contributed by atoms with E-state index in [-0.39, 0.29) is 35.6 Å². The predicted molar refractivity (Wildman–Crippen MR) is 188 cm³/mol. The number of hydrogen-bond donors (Lipinski definition) is 0. The molecule has 0 aliphatic heterocycles. The van der Waals surface area contributed by atoms with Crippen molar-refractivity contribution in [1.82, 2.24) is 0 Å². The second-order valence-corrected chi connectivity index (χ2v) is 15.6. The Labute approximate surface area is 306 Å². The van der Waals surface area contributed by atoms with Gasteiger partial charge in [0.15, 0.2) is 0 Å². The van der Waals surface area contributed by atoms with E-state index in [1.165, 1.54) is 94.2 Å². The summed E-state index contributed by atoms with van der Waals surface area (Å²) in [6, 6.07) is 39.1. The van der Waals surface area contributed by atoms with Gasteiger partial charge in [-0.1, -0.05) is 79.2 Å². The van der Waals surface area contributed by atoms with Crippen molar-refractivity contribution >= 4 is 3.21 Å². The van der Waals surface area contributed by atoms with Gasteiger partial charge in [0.05, 0.1) is 0 Å². The maximum atomic E-state index is 3.67. The van der Waals surface area contributed by atoms with E-state index in [4.69, 9.17) is 0 Å². The molecule has 0 fully saturated rings. The Hall–Kier alpha value is -2.44. The molecule has 0 N–H and O–H groups in total. The minimum atomic E-state index is 0. The second-order valence-electron chi connectivity index (χ2n) is 14.4. The number of benzene rings is 4. The van der Waals surface area contributed by atoms with E-state index >= 15 is 0 Å². The normalized spacial score (nSPS) is 11.4. The first-order chi connectivity index (χ1) is 20.6. The van der Waals surface area contributed by atoms with Crippen molar-refractivity contribution in [2.24, 2.45) is 0 Å². The SMILES string of the molecule is CC(C)(C)c1[c-]c2c(cc1)-c1ccc(C(C)(C)C)cc1C2.Cc1c[cH-]c(C)c1.Cc1ccc([C](=[Zr+2])c2ccc(C)cc2)cc1.[Cl-].[Cl-]. The number of fused-ring (bicyclic) bond motifs is 3. The van der Waals surface area contributed by atoms with Crippen molar-refractivity contribution in [3.05, 3.63) is 159 Å². The molecule has 0 saturated heterocycles. The first kappa shape index (κ1) is 39.7. The van der Waals surface area contributed by atoms with Gasteiger partial charge in [0, 0.05) is 0 Å². The topological polar surface area (TPSA) is 0 Å². The Morgan fingerprint density at radius 3 is 1.57 bits per heavy atom. The molecule has 5 aromatic carbocycles. The molecule has 0 spiro atoms. The first-order valence-corrected chi connectivity index (χ1v) is 17.0. The Bertz CT molecular complexity index is 1600. The quantitative estimate of drug-likeness (QED) is 0.218. The number of hydrogen-bond acceptors (Lipinski definition) is 0. The minimum Gasteiger partial charge on any atom is -1.00 e. The zero-order chi connectivity index (χ0) is 32.2. The van der Waals surface area contributed by atoms with Crippen LogP contribution in [0.25, 0.3) is 11.1 Å². The summed E-state index contributed by atoms with van der Waals surface area (Å²) in [5, 5.41) is 0. The van der Waals surface area contributed by atoms with Crippen molar-refractivity contribution in [3.8, 4) is 11.1 Å². The monoisotopic (exact) mass is 724 g/mol. The first-order valence-electron chi connectivity index (χ1n) is 15.7. The van der Waals surface area contributed by atoms with E-state index < -0.39 is 0 Å². The van der Waals surface area contributed by atoms with Gasteiger partial charge in [-0.05, 0) is 28.4 Å². The summed E-state index contributed by atoms with van der Waals surface area (Å²) < 4.78 is 1.42. The van der Waals surface area contributed by atoms with Crippen LogP contribution in [-0.4, -0.2) is 3.21 Å². The standard InChI is InChI=1S/C21H25.C15H14.C7H9.2ClH.Zr/c1-20(2,3)16-7-9-18-14(12-16)11-15-13-17(21(4,5)6)8-10-19(15)18;1-12-3-7-14(8-4-12)11-15-9-5-13(2)6-10-15;1-6-3-4-7(2)5-6;;;/h7-10,12H,11H2,1-6H3;3-10H,1-2H3;3-5H,1-2H3;2*1H;/q-1;;-1;;;+2/p-2. The third kappa shape index (κ3) is 10.5. The van der Waals surface area contributed by atoms with Gasteiger partial charge in [-0.15, -0.1) is 11.1 Å². The van der Waals surface area contributed by atoms with E-state index in [1.54, 1.807) is 0 Å². The smallest absolute Gasteiger partial charge is 1.00 e. The Morgan fingerprint density at radius 1 is 0.630 bits per heavy atom. The summed E-state index contributed by atoms with van der Waals surface area (Å²) in [4.78, 5) is 0. The molecule has 0 heterocycles. The third-order valence-corrected chi connectivity index (χ3v) is 9.63. The average molecular weight is 727 g/mol. The summed E-state index contributed by atoms with van der Waals surface area (Å²) in [7, 11) is 0. The molecule has 0 nitrogen and oxygen atoms in total. The largest absolute Gasteiger partial charge is 1.00 e. The Morgan fingerprint density at radius 2 is 1.15 bits per heavy atom. The van der Waals surface area contributed by atoms with E-state index in [2.05, 4.69) is 172 Å². The summed E-state index contributed by atoms with van der Waals surface area (Å²) in [5.74, 6) is 0.